The molecule has 1 N–H and O–H groups in total. The Hall–Kier alpha value is -1.59. The maximum atomic E-state index is 12.3. The molecule has 2 aromatic rings. The van der Waals surface area contributed by atoms with E-state index in [1.165, 1.54) is 17.1 Å². The number of carbonyl (C=O) groups is 1. The van der Waals surface area contributed by atoms with Gasteiger partial charge in [0.1, 0.15) is 5.03 Å². The van der Waals surface area contributed by atoms with E-state index in [0.717, 1.165) is 30.0 Å². The summed E-state index contributed by atoms with van der Waals surface area (Å²) in [5.74, 6) is 0.649. The highest BCUT2D eigenvalue weighted by Gasteiger charge is 2.20. The third-order valence-corrected chi connectivity index (χ3v) is 4.68. The molecule has 0 radical (unpaired) electrons. The van der Waals surface area contributed by atoms with Crippen molar-refractivity contribution in [3.8, 4) is 0 Å². The highest BCUT2D eigenvalue weighted by molar-refractivity contribution is 8.00. The molecule has 110 valence electrons. The van der Waals surface area contributed by atoms with E-state index in [9.17, 15) is 4.79 Å². The van der Waals surface area contributed by atoms with Crippen molar-refractivity contribution < 1.29 is 4.79 Å². The van der Waals surface area contributed by atoms with Gasteiger partial charge in [0.15, 0.2) is 0 Å². The van der Waals surface area contributed by atoms with Crippen molar-refractivity contribution in [1.29, 1.82) is 0 Å². The largest absolute Gasteiger partial charge is 0.339 e. The Bertz CT molecular complexity index is 641. The van der Waals surface area contributed by atoms with Gasteiger partial charge in [-0.2, -0.15) is 0 Å². The minimum absolute atomic E-state index is 0.197. The second kappa shape index (κ2) is 6.45. The van der Waals surface area contributed by atoms with Gasteiger partial charge in [-0.25, -0.2) is 4.98 Å². The number of thioether (sulfide) groups is 1. The first kappa shape index (κ1) is 14.4. The van der Waals surface area contributed by atoms with Crippen LogP contribution in [0.1, 0.15) is 6.92 Å². The van der Waals surface area contributed by atoms with E-state index in [-0.39, 0.29) is 5.91 Å². The Morgan fingerprint density at radius 3 is 3.14 bits per heavy atom. The van der Waals surface area contributed by atoms with Crippen molar-refractivity contribution in [3.63, 3.8) is 0 Å². The lowest BCUT2D eigenvalue weighted by atomic mass is 10.2. The Kier molecular flexibility index (Phi) is 4.41. The summed E-state index contributed by atoms with van der Waals surface area (Å²) < 4.78 is 0. The van der Waals surface area contributed by atoms with E-state index in [0.29, 0.717) is 11.8 Å². The first-order valence-corrected chi connectivity index (χ1v) is 8.20. The summed E-state index contributed by atoms with van der Waals surface area (Å²) in [5.41, 5.74) is 0. The van der Waals surface area contributed by atoms with Gasteiger partial charge in [0.2, 0.25) is 5.91 Å². The Morgan fingerprint density at radius 1 is 1.43 bits per heavy atom. The number of amides is 1. The van der Waals surface area contributed by atoms with Gasteiger partial charge in [0.05, 0.1) is 5.75 Å². The van der Waals surface area contributed by atoms with E-state index in [1.807, 2.05) is 29.3 Å². The summed E-state index contributed by atoms with van der Waals surface area (Å²) >= 11 is 1.53. The van der Waals surface area contributed by atoms with Crippen LogP contribution in [0, 0.1) is 0 Å². The molecule has 1 amide bonds. The van der Waals surface area contributed by atoms with Crippen molar-refractivity contribution in [2.24, 2.45) is 0 Å². The lowest BCUT2D eigenvalue weighted by Gasteiger charge is -2.31. The maximum Gasteiger partial charge on any atom is 0.233 e. The highest BCUT2D eigenvalue weighted by atomic mass is 32.2. The molecule has 1 aliphatic rings. The number of benzene rings is 1. The zero-order chi connectivity index (χ0) is 14.7. The number of aromatic nitrogens is 1. The van der Waals surface area contributed by atoms with Gasteiger partial charge >= 0.3 is 0 Å². The molecular formula is C16H19N3OS. The molecule has 0 unspecified atom stereocenters. The number of carbonyl (C=O) groups excluding carboxylic acids is 1. The molecule has 4 nitrogen and oxygen atoms in total. The van der Waals surface area contributed by atoms with Gasteiger partial charge < -0.3 is 10.2 Å². The predicted molar refractivity (Wildman–Crippen MR) is 86.5 cm³/mol. The molecule has 1 aliphatic heterocycles. The Balaban J connectivity index is 1.67. The van der Waals surface area contributed by atoms with Crippen molar-refractivity contribution in [2.45, 2.75) is 18.0 Å². The minimum atomic E-state index is 0.197. The SMILES string of the molecule is C[C@@H]1CN(C(=O)CSc2nccc3ccccc23)CCN1. The molecule has 2 heterocycles. The number of rotatable bonds is 3. The Morgan fingerprint density at radius 2 is 2.29 bits per heavy atom. The number of fused-ring (bicyclic) bond motifs is 1. The van der Waals surface area contributed by atoms with Crippen molar-refractivity contribution >= 4 is 28.4 Å². The fourth-order valence-electron chi connectivity index (χ4n) is 2.59. The Labute approximate surface area is 128 Å². The van der Waals surface area contributed by atoms with Gasteiger partial charge in [0, 0.05) is 37.3 Å². The average Bonchev–Trinajstić information content (AvgIpc) is 2.52. The van der Waals surface area contributed by atoms with Crippen LogP contribution in [0.5, 0.6) is 0 Å². The number of nitrogens with one attached hydrogen (secondary N) is 1. The van der Waals surface area contributed by atoms with Crippen LogP contribution in [-0.2, 0) is 4.79 Å². The summed E-state index contributed by atoms with van der Waals surface area (Å²) in [7, 11) is 0. The first-order valence-electron chi connectivity index (χ1n) is 7.22. The average molecular weight is 301 g/mol. The zero-order valence-electron chi connectivity index (χ0n) is 12.1. The molecule has 0 bridgehead atoms. The van der Waals surface area contributed by atoms with Gasteiger partial charge in [-0.15, -0.1) is 0 Å². The van der Waals surface area contributed by atoms with Crippen LogP contribution < -0.4 is 5.32 Å². The standard InChI is InChI=1S/C16H19N3OS/c1-12-10-19(9-8-17-12)15(20)11-21-16-14-5-3-2-4-13(14)6-7-18-16/h2-7,12,17H,8-11H2,1H3/t12-/m1/s1. The van der Waals surface area contributed by atoms with Crippen LogP contribution in [0.15, 0.2) is 41.6 Å². The summed E-state index contributed by atoms with van der Waals surface area (Å²) in [6.45, 7) is 4.58. The van der Waals surface area contributed by atoms with E-state index in [1.54, 1.807) is 0 Å². The normalized spacial score (nSPS) is 18.9. The van der Waals surface area contributed by atoms with E-state index >= 15 is 0 Å². The van der Waals surface area contributed by atoms with Gasteiger partial charge in [-0.3, -0.25) is 4.79 Å². The maximum absolute atomic E-state index is 12.3. The molecule has 0 saturated carbocycles. The van der Waals surface area contributed by atoms with Crippen LogP contribution in [0.3, 0.4) is 0 Å². The third kappa shape index (κ3) is 3.36. The lowest BCUT2D eigenvalue weighted by Crippen LogP contribution is -2.51. The molecule has 1 aromatic carbocycles. The van der Waals surface area contributed by atoms with Crippen LogP contribution in [0.4, 0.5) is 0 Å². The van der Waals surface area contributed by atoms with Gasteiger partial charge in [-0.05, 0) is 18.4 Å². The highest BCUT2D eigenvalue weighted by Crippen LogP contribution is 2.25. The molecule has 0 spiro atoms. The summed E-state index contributed by atoms with van der Waals surface area (Å²) in [5, 5.41) is 6.57. The summed E-state index contributed by atoms with van der Waals surface area (Å²) in [6.07, 6.45) is 1.81. The van der Waals surface area contributed by atoms with Crippen LogP contribution in [0.2, 0.25) is 0 Å². The fourth-order valence-corrected chi connectivity index (χ4v) is 3.51. The second-order valence-electron chi connectivity index (χ2n) is 5.32. The first-order chi connectivity index (χ1) is 10.2. The fraction of sp³-hybridized carbons (Fsp3) is 0.375. The molecular weight excluding hydrogens is 282 g/mol. The number of hydrogen-bond acceptors (Lipinski definition) is 4. The van der Waals surface area contributed by atoms with Crippen molar-refractivity contribution in [1.82, 2.24) is 15.2 Å². The number of nitrogens with zero attached hydrogens (tertiary/aromatic N) is 2. The summed E-state index contributed by atoms with van der Waals surface area (Å²) in [6, 6.07) is 10.5. The molecule has 1 fully saturated rings. The van der Waals surface area contributed by atoms with Crippen LogP contribution in [0.25, 0.3) is 10.8 Å². The summed E-state index contributed by atoms with van der Waals surface area (Å²) in [4.78, 5) is 18.7. The molecule has 0 aliphatic carbocycles. The smallest absolute Gasteiger partial charge is 0.233 e. The molecule has 3 rings (SSSR count). The number of hydrogen-bond donors (Lipinski definition) is 1. The van der Waals surface area contributed by atoms with Crippen molar-refractivity contribution in [2.75, 3.05) is 25.4 Å². The quantitative estimate of drug-likeness (QED) is 0.882. The third-order valence-electron chi connectivity index (χ3n) is 3.69. The van der Waals surface area contributed by atoms with E-state index in [4.69, 9.17) is 0 Å². The zero-order valence-corrected chi connectivity index (χ0v) is 12.9. The lowest BCUT2D eigenvalue weighted by molar-refractivity contribution is -0.129. The number of piperazine rings is 1. The molecule has 5 heteroatoms. The number of pyridine rings is 1. The van der Waals surface area contributed by atoms with Gasteiger partial charge in [0.25, 0.3) is 0 Å². The second-order valence-corrected chi connectivity index (χ2v) is 6.28. The molecule has 1 atom stereocenters. The topological polar surface area (TPSA) is 45.2 Å². The molecule has 21 heavy (non-hydrogen) atoms. The van der Waals surface area contributed by atoms with Crippen molar-refractivity contribution in [3.05, 3.63) is 36.5 Å². The van der Waals surface area contributed by atoms with Crippen LogP contribution in [-0.4, -0.2) is 47.2 Å². The van der Waals surface area contributed by atoms with E-state index < -0.39 is 0 Å². The predicted octanol–water partition coefficient (Wildman–Crippen LogP) is 2.15. The molecule has 1 saturated heterocycles. The molecule has 1 aromatic heterocycles. The van der Waals surface area contributed by atoms with Crippen LogP contribution >= 0.6 is 11.8 Å². The minimum Gasteiger partial charge on any atom is -0.339 e. The van der Waals surface area contributed by atoms with E-state index in [2.05, 4.69) is 29.4 Å². The monoisotopic (exact) mass is 301 g/mol. The van der Waals surface area contributed by atoms with Gasteiger partial charge in [-0.1, -0.05) is 36.0 Å².